The van der Waals surface area contributed by atoms with Crippen molar-refractivity contribution >= 4 is 5.91 Å². The number of carbonyl (C=O) groups excluding carboxylic acids is 1. The van der Waals surface area contributed by atoms with Crippen molar-refractivity contribution in [2.45, 2.75) is 44.6 Å². The Morgan fingerprint density at radius 3 is 2.67 bits per heavy atom. The number of nitrogens with zero attached hydrogens (tertiary/aromatic N) is 4. The second-order valence-electron chi connectivity index (χ2n) is 6.93. The number of rotatable bonds is 4. The molecule has 2 aliphatic rings. The summed E-state index contributed by atoms with van der Waals surface area (Å²) in [7, 11) is 0. The predicted octanol–water partition coefficient (Wildman–Crippen LogP) is 2.81. The number of hydrogen-bond donors (Lipinski definition) is 0. The number of aryl methyl sites for hydroxylation is 1. The van der Waals surface area contributed by atoms with Gasteiger partial charge < -0.3 is 9.47 Å². The Morgan fingerprint density at radius 1 is 1.21 bits per heavy atom. The maximum Gasteiger partial charge on any atom is 0.226 e. The predicted molar refractivity (Wildman–Crippen MR) is 91.5 cm³/mol. The molecule has 1 saturated carbocycles. The second kappa shape index (κ2) is 6.38. The van der Waals surface area contributed by atoms with E-state index in [0.717, 1.165) is 44.7 Å². The van der Waals surface area contributed by atoms with Crippen LogP contribution < -0.4 is 0 Å². The molecule has 2 aromatic rings. The van der Waals surface area contributed by atoms with Crippen LogP contribution in [-0.4, -0.2) is 38.7 Å². The van der Waals surface area contributed by atoms with Crippen LogP contribution in [0.2, 0.25) is 0 Å². The van der Waals surface area contributed by atoms with E-state index in [2.05, 4.69) is 50.9 Å². The molecular weight excluding hydrogens is 300 g/mol. The van der Waals surface area contributed by atoms with Gasteiger partial charge in [0.1, 0.15) is 12.2 Å². The van der Waals surface area contributed by atoms with E-state index in [1.54, 1.807) is 0 Å². The summed E-state index contributed by atoms with van der Waals surface area (Å²) in [6.07, 6.45) is 4.80. The maximum atomic E-state index is 12.8. The van der Waals surface area contributed by atoms with E-state index >= 15 is 0 Å². The first-order chi connectivity index (χ1) is 11.8. The van der Waals surface area contributed by atoms with Crippen LogP contribution in [-0.2, 0) is 11.3 Å². The van der Waals surface area contributed by atoms with Gasteiger partial charge >= 0.3 is 0 Å². The highest BCUT2D eigenvalue weighted by atomic mass is 16.2. The Labute approximate surface area is 142 Å². The topological polar surface area (TPSA) is 51.0 Å². The van der Waals surface area contributed by atoms with Gasteiger partial charge in [0, 0.05) is 31.5 Å². The Morgan fingerprint density at radius 2 is 1.96 bits per heavy atom. The second-order valence-corrected chi connectivity index (χ2v) is 6.93. The van der Waals surface area contributed by atoms with Crippen LogP contribution in [0.1, 0.15) is 49.4 Å². The first kappa shape index (κ1) is 15.4. The molecule has 1 aromatic heterocycles. The van der Waals surface area contributed by atoms with Gasteiger partial charge in [-0.15, -0.1) is 10.2 Å². The minimum Gasteiger partial charge on any atom is -0.342 e. The van der Waals surface area contributed by atoms with E-state index in [4.69, 9.17) is 0 Å². The van der Waals surface area contributed by atoms with Gasteiger partial charge in [0.25, 0.3) is 0 Å². The quantitative estimate of drug-likeness (QED) is 0.869. The van der Waals surface area contributed by atoms with Gasteiger partial charge in [0.2, 0.25) is 5.91 Å². The van der Waals surface area contributed by atoms with Crippen LogP contribution in [0.5, 0.6) is 0 Å². The molecule has 1 aromatic carbocycles. The Kier molecular flexibility index (Phi) is 4.08. The highest BCUT2D eigenvalue weighted by Crippen LogP contribution is 2.48. The molecule has 1 saturated heterocycles. The first-order valence-electron chi connectivity index (χ1n) is 8.99. The third-order valence-electron chi connectivity index (χ3n) is 5.49. The van der Waals surface area contributed by atoms with E-state index < -0.39 is 0 Å². The van der Waals surface area contributed by atoms with Crippen LogP contribution in [0.4, 0.5) is 0 Å². The fraction of sp³-hybridized carbons (Fsp3) is 0.526. The molecule has 0 radical (unpaired) electrons. The normalized spacial score (nSPS) is 24.1. The third kappa shape index (κ3) is 2.83. The van der Waals surface area contributed by atoms with Crippen molar-refractivity contribution in [3.05, 3.63) is 48.0 Å². The van der Waals surface area contributed by atoms with Gasteiger partial charge in [-0.1, -0.05) is 30.3 Å². The molecule has 4 rings (SSSR count). The standard InChI is InChI=1S/C19H24N4O/c1-2-22-13-20-21-18(22)15-8-10-23(11-9-15)19(24)17-12-16(17)14-6-4-3-5-7-14/h3-7,13,15-17H,2,8-12H2,1H3/t16-,17-/m1/s1. The number of hydrogen-bond acceptors (Lipinski definition) is 3. The molecule has 126 valence electrons. The molecular formula is C19H24N4O. The summed E-state index contributed by atoms with van der Waals surface area (Å²) >= 11 is 0. The van der Waals surface area contributed by atoms with Crippen LogP contribution >= 0.6 is 0 Å². The van der Waals surface area contributed by atoms with Crippen molar-refractivity contribution in [3.8, 4) is 0 Å². The molecule has 24 heavy (non-hydrogen) atoms. The molecule has 5 heteroatoms. The number of likely N-dealkylation sites (tertiary alicyclic amines) is 1. The average molecular weight is 324 g/mol. The summed E-state index contributed by atoms with van der Waals surface area (Å²) in [5.74, 6) is 2.49. The number of benzene rings is 1. The molecule has 0 unspecified atom stereocenters. The number of piperidine rings is 1. The van der Waals surface area contributed by atoms with E-state index in [-0.39, 0.29) is 5.92 Å². The monoisotopic (exact) mass is 324 g/mol. The largest absolute Gasteiger partial charge is 0.342 e. The number of amides is 1. The summed E-state index contributed by atoms with van der Waals surface area (Å²) in [6, 6.07) is 10.4. The lowest BCUT2D eigenvalue weighted by Gasteiger charge is -2.32. The van der Waals surface area contributed by atoms with Gasteiger partial charge in [0.15, 0.2) is 0 Å². The summed E-state index contributed by atoms with van der Waals surface area (Å²) in [5, 5.41) is 8.33. The van der Waals surface area contributed by atoms with Crippen molar-refractivity contribution in [2.24, 2.45) is 5.92 Å². The summed E-state index contributed by atoms with van der Waals surface area (Å²) in [4.78, 5) is 14.8. The fourth-order valence-electron chi connectivity index (χ4n) is 3.95. The molecule has 2 atom stereocenters. The van der Waals surface area contributed by atoms with Gasteiger partial charge in [-0.25, -0.2) is 0 Å². The summed E-state index contributed by atoms with van der Waals surface area (Å²) < 4.78 is 2.12. The summed E-state index contributed by atoms with van der Waals surface area (Å²) in [5.41, 5.74) is 1.31. The van der Waals surface area contributed by atoms with E-state index in [9.17, 15) is 4.79 Å². The van der Waals surface area contributed by atoms with E-state index in [0.29, 0.717) is 17.7 Å². The molecule has 5 nitrogen and oxygen atoms in total. The van der Waals surface area contributed by atoms with Gasteiger partial charge in [-0.3, -0.25) is 4.79 Å². The SMILES string of the molecule is CCn1cnnc1C1CCN(C(=O)[C@@H]2C[C@@H]2c2ccccc2)CC1. The maximum absolute atomic E-state index is 12.8. The zero-order chi connectivity index (χ0) is 16.5. The van der Waals surface area contributed by atoms with Crippen molar-refractivity contribution in [1.29, 1.82) is 0 Å². The zero-order valence-electron chi connectivity index (χ0n) is 14.1. The van der Waals surface area contributed by atoms with Gasteiger partial charge in [-0.05, 0) is 37.7 Å². The molecule has 0 bridgehead atoms. The molecule has 0 spiro atoms. The highest BCUT2D eigenvalue weighted by Gasteiger charge is 2.46. The smallest absolute Gasteiger partial charge is 0.226 e. The van der Waals surface area contributed by atoms with E-state index in [1.807, 2.05) is 12.4 Å². The minimum absolute atomic E-state index is 0.197. The molecule has 1 aliphatic heterocycles. The lowest BCUT2D eigenvalue weighted by atomic mass is 9.95. The molecule has 2 heterocycles. The highest BCUT2D eigenvalue weighted by molar-refractivity contribution is 5.83. The third-order valence-corrected chi connectivity index (χ3v) is 5.49. The molecule has 1 amide bonds. The minimum atomic E-state index is 0.197. The molecule has 2 fully saturated rings. The van der Waals surface area contributed by atoms with Crippen LogP contribution in [0.3, 0.4) is 0 Å². The average Bonchev–Trinajstić information content (AvgIpc) is 3.31. The van der Waals surface area contributed by atoms with Gasteiger partial charge in [0.05, 0.1) is 0 Å². The van der Waals surface area contributed by atoms with Crippen molar-refractivity contribution in [2.75, 3.05) is 13.1 Å². The molecule has 1 aliphatic carbocycles. The number of aromatic nitrogens is 3. The van der Waals surface area contributed by atoms with Crippen LogP contribution in [0.25, 0.3) is 0 Å². The summed E-state index contributed by atoms with van der Waals surface area (Å²) in [6.45, 7) is 4.71. The zero-order valence-corrected chi connectivity index (χ0v) is 14.1. The van der Waals surface area contributed by atoms with Crippen LogP contribution in [0, 0.1) is 5.92 Å². The van der Waals surface area contributed by atoms with Crippen molar-refractivity contribution < 1.29 is 4.79 Å². The lowest BCUT2D eigenvalue weighted by molar-refractivity contribution is -0.133. The lowest BCUT2D eigenvalue weighted by Crippen LogP contribution is -2.39. The van der Waals surface area contributed by atoms with Crippen molar-refractivity contribution in [3.63, 3.8) is 0 Å². The van der Waals surface area contributed by atoms with E-state index in [1.165, 1.54) is 5.56 Å². The Hall–Kier alpha value is -2.17. The van der Waals surface area contributed by atoms with Crippen molar-refractivity contribution in [1.82, 2.24) is 19.7 Å². The Bertz CT molecular complexity index is 703. The Balaban J connectivity index is 1.34. The van der Waals surface area contributed by atoms with Gasteiger partial charge in [-0.2, -0.15) is 0 Å². The number of carbonyl (C=O) groups is 1. The van der Waals surface area contributed by atoms with Crippen LogP contribution in [0.15, 0.2) is 36.7 Å². The molecule has 0 N–H and O–H groups in total. The fourth-order valence-corrected chi connectivity index (χ4v) is 3.95. The first-order valence-corrected chi connectivity index (χ1v) is 8.99.